The van der Waals surface area contributed by atoms with Crippen LogP contribution in [-0.4, -0.2) is 24.1 Å². The molecule has 0 saturated carbocycles. The van der Waals surface area contributed by atoms with Crippen molar-refractivity contribution in [1.82, 2.24) is 4.31 Å². The Morgan fingerprint density at radius 1 is 0.875 bits per heavy atom. The van der Waals surface area contributed by atoms with E-state index >= 15 is 0 Å². The molecule has 146 valence electrons. The molecule has 24 heavy (non-hydrogen) atoms. The van der Waals surface area contributed by atoms with Crippen LogP contribution < -0.4 is 0 Å². The molecule has 0 bridgehead atoms. The van der Waals surface area contributed by atoms with Crippen LogP contribution in [0.3, 0.4) is 0 Å². The summed E-state index contributed by atoms with van der Waals surface area (Å²) in [6, 6.07) is 0. The molecule has 3 unspecified atom stereocenters. The molecule has 0 rings (SSSR count). The van der Waals surface area contributed by atoms with Crippen LogP contribution >= 0.6 is 0 Å². The Kier molecular flexibility index (Phi) is 11.0. The summed E-state index contributed by atoms with van der Waals surface area (Å²) in [5.74, 6) is 1.34. The van der Waals surface area contributed by atoms with Gasteiger partial charge in [-0.05, 0) is 51.4 Å². The lowest BCUT2D eigenvalue weighted by Gasteiger charge is -2.52. The van der Waals surface area contributed by atoms with Gasteiger partial charge >= 0.3 is 0 Å². The monoisotopic (exact) mass is 360 g/mol. The van der Waals surface area contributed by atoms with Gasteiger partial charge in [0, 0.05) is 22.3 Å². The summed E-state index contributed by atoms with van der Waals surface area (Å²) >= 11 is -2.19. The Morgan fingerprint density at radius 3 is 1.42 bits per heavy atom. The fourth-order valence-electron chi connectivity index (χ4n) is 3.64. The molecule has 0 spiro atoms. The predicted molar refractivity (Wildman–Crippen MR) is 106 cm³/mol. The number of nitrogens with zero attached hydrogens (tertiary/aromatic N) is 1. The first-order valence-corrected chi connectivity index (χ1v) is 10.9. The third-order valence-corrected chi connectivity index (χ3v) is 6.83. The minimum absolute atomic E-state index is 0.288. The Balaban J connectivity index is 5.31. The number of hydrogen-bond donors (Lipinski definition) is 0. The molecule has 3 nitrogen and oxygen atoms in total. The predicted octanol–water partition coefficient (Wildman–Crippen LogP) is 6.07. The highest BCUT2D eigenvalue weighted by molar-refractivity contribution is 7.76. The highest BCUT2D eigenvalue weighted by Gasteiger charge is 2.42. The second kappa shape index (κ2) is 10.9. The van der Waals surface area contributed by atoms with E-state index in [0.29, 0.717) is 11.8 Å². The maximum absolute atomic E-state index is 12.2. The van der Waals surface area contributed by atoms with Crippen molar-refractivity contribution >= 4 is 11.3 Å². The van der Waals surface area contributed by atoms with Crippen molar-refractivity contribution in [2.24, 2.45) is 11.8 Å². The van der Waals surface area contributed by atoms with Gasteiger partial charge in [-0.3, -0.25) is 4.21 Å². The largest absolute Gasteiger partial charge is 0.760 e. The van der Waals surface area contributed by atoms with Gasteiger partial charge in [-0.2, -0.15) is 0 Å². The molecular formula is C20H42NO2S-. The van der Waals surface area contributed by atoms with Crippen molar-refractivity contribution in [3.63, 3.8) is 0 Å². The van der Waals surface area contributed by atoms with E-state index in [1.807, 2.05) is 4.31 Å². The summed E-state index contributed by atoms with van der Waals surface area (Å²) in [5, 5.41) is 0. The van der Waals surface area contributed by atoms with E-state index in [-0.39, 0.29) is 11.1 Å². The lowest BCUT2D eigenvalue weighted by atomic mass is 9.83. The average Bonchev–Trinajstić information content (AvgIpc) is 2.46. The molecule has 0 aromatic heterocycles. The quantitative estimate of drug-likeness (QED) is 0.374. The Hall–Kier alpha value is 0.0700. The number of hydrogen-bond acceptors (Lipinski definition) is 2. The van der Waals surface area contributed by atoms with E-state index in [4.69, 9.17) is 0 Å². The lowest BCUT2D eigenvalue weighted by molar-refractivity contribution is 0.0572. The van der Waals surface area contributed by atoms with Crippen molar-refractivity contribution < 1.29 is 8.76 Å². The molecule has 0 saturated heterocycles. The van der Waals surface area contributed by atoms with Crippen LogP contribution in [0, 0.1) is 11.8 Å². The zero-order valence-electron chi connectivity index (χ0n) is 17.5. The average molecular weight is 361 g/mol. The summed E-state index contributed by atoms with van der Waals surface area (Å²) in [4.78, 5) is 0. The van der Waals surface area contributed by atoms with E-state index in [2.05, 4.69) is 55.4 Å². The number of rotatable bonds is 13. The molecule has 0 amide bonds. The van der Waals surface area contributed by atoms with Crippen LogP contribution in [0.15, 0.2) is 0 Å². The summed E-state index contributed by atoms with van der Waals surface area (Å²) in [7, 11) is 0. The van der Waals surface area contributed by atoms with E-state index in [1.54, 1.807) is 0 Å². The minimum atomic E-state index is -2.19. The maximum atomic E-state index is 12.2. The molecule has 0 aromatic rings. The molecule has 0 fully saturated rings. The molecule has 0 heterocycles. The van der Waals surface area contributed by atoms with Gasteiger partial charge in [-0.25, -0.2) is 4.31 Å². The first-order valence-electron chi connectivity index (χ1n) is 9.92. The second-order valence-electron chi connectivity index (χ2n) is 8.78. The van der Waals surface area contributed by atoms with Crippen molar-refractivity contribution in [3.8, 4) is 0 Å². The fourth-order valence-corrected chi connectivity index (χ4v) is 4.80. The topological polar surface area (TPSA) is 43.4 Å². The first-order chi connectivity index (χ1) is 11.0. The van der Waals surface area contributed by atoms with Gasteiger partial charge in [0.1, 0.15) is 0 Å². The second-order valence-corrected chi connectivity index (χ2v) is 9.58. The molecule has 0 aliphatic rings. The van der Waals surface area contributed by atoms with Gasteiger partial charge in [-0.15, -0.1) is 0 Å². The maximum Gasteiger partial charge on any atom is 0.0301 e. The zero-order chi connectivity index (χ0) is 19.0. The third-order valence-electron chi connectivity index (χ3n) is 5.65. The molecule has 0 N–H and O–H groups in total. The van der Waals surface area contributed by atoms with Crippen LogP contribution in [0.1, 0.15) is 107 Å². The minimum Gasteiger partial charge on any atom is -0.760 e. The van der Waals surface area contributed by atoms with Gasteiger partial charge in [0.25, 0.3) is 0 Å². The van der Waals surface area contributed by atoms with E-state index in [0.717, 1.165) is 51.4 Å². The van der Waals surface area contributed by atoms with Crippen LogP contribution in [0.5, 0.6) is 0 Å². The SMILES string of the molecule is CCC(C)(CCCC(C)C)N(S(=O)[O-])C(C)(CC)CCCC(C)C. The Bertz CT molecular complexity index is 345. The Labute approximate surface area is 154 Å². The summed E-state index contributed by atoms with van der Waals surface area (Å²) in [5.41, 5.74) is -0.575. The van der Waals surface area contributed by atoms with E-state index in [9.17, 15) is 8.76 Å². The van der Waals surface area contributed by atoms with Crippen LogP contribution in [0.4, 0.5) is 0 Å². The van der Waals surface area contributed by atoms with E-state index in [1.165, 1.54) is 0 Å². The molecular weight excluding hydrogens is 318 g/mol. The molecule has 0 radical (unpaired) electrons. The standard InChI is InChI=1S/C20H43NO2S/c1-9-19(7,15-11-13-17(3)4)21(24(22)23)20(8,10-2)16-12-14-18(5)6/h17-18H,9-16H2,1-8H3,(H,22,23)/p-1. The fraction of sp³-hybridized carbons (Fsp3) is 1.00. The molecule has 4 heteroatoms. The highest BCUT2D eigenvalue weighted by atomic mass is 32.2. The first kappa shape index (κ1) is 24.1. The van der Waals surface area contributed by atoms with Crippen molar-refractivity contribution in [2.75, 3.05) is 0 Å². The smallest absolute Gasteiger partial charge is 0.0301 e. The van der Waals surface area contributed by atoms with Crippen LogP contribution in [0.25, 0.3) is 0 Å². The third kappa shape index (κ3) is 7.53. The van der Waals surface area contributed by atoms with Gasteiger partial charge in [0.15, 0.2) is 0 Å². The normalized spacial score (nSPS) is 18.8. The molecule has 3 atom stereocenters. The van der Waals surface area contributed by atoms with Crippen molar-refractivity contribution in [2.45, 2.75) is 118 Å². The summed E-state index contributed by atoms with van der Waals surface area (Å²) in [6.07, 6.45) is 8.09. The van der Waals surface area contributed by atoms with E-state index < -0.39 is 11.3 Å². The molecule has 0 aromatic carbocycles. The van der Waals surface area contributed by atoms with Gasteiger partial charge in [0.2, 0.25) is 0 Å². The van der Waals surface area contributed by atoms with Gasteiger partial charge in [-0.1, -0.05) is 67.2 Å². The van der Waals surface area contributed by atoms with Crippen LogP contribution in [-0.2, 0) is 11.3 Å². The lowest BCUT2D eigenvalue weighted by Crippen LogP contribution is -2.58. The highest BCUT2D eigenvalue weighted by Crippen LogP contribution is 2.38. The summed E-state index contributed by atoms with van der Waals surface area (Å²) in [6.45, 7) is 17.4. The van der Waals surface area contributed by atoms with Crippen LogP contribution in [0.2, 0.25) is 0 Å². The zero-order valence-corrected chi connectivity index (χ0v) is 18.3. The van der Waals surface area contributed by atoms with Crippen molar-refractivity contribution in [3.05, 3.63) is 0 Å². The summed E-state index contributed by atoms with van der Waals surface area (Å²) < 4.78 is 26.3. The van der Waals surface area contributed by atoms with Gasteiger partial charge in [0.05, 0.1) is 0 Å². The van der Waals surface area contributed by atoms with Gasteiger partial charge < -0.3 is 4.55 Å². The Morgan fingerprint density at radius 2 is 1.21 bits per heavy atom. The molecule has 0 aliphatic heterocycles. The molecule has 0 aliphatic carbocycles. The van der Waals surface area contributed by atoms with Crippen molar-refractivity contribution in [1.29, 1.82) is 0 Å².